The number of anilines is 2. The summed E-state index contributed by atoms with van der Waals surface area (Å²) >= 11 is 0. The van der Waals surface area contributed by atoms with Crippen molar-refractivity contribution < 1.29 is 25.8 Å². The number of para-hydroxylation sites is 1. The number of fused-ring (bicyclic) bond motifs is 3. The van der Waals surface area contributed by atoms with Crippen molar-refractivity contribution in [3.63, 3.8) is 0 Å². The second-order valence-corrected chi connectivity index (χ2v) is 23.6. The number of ether oxygens (including phenoxy) is 1. The van der Waals surface area contributed by atoms with E-state index in [4.69, 9.17) is 9.72 Å². The largest absolute Gasteiger partial charge is 0.509 e. The van der Waals surface area contributed by atoms with Crippen molar-refractivity contribution in [2.45, 2.75) is 137 Å². The van der Waals surface area contributed by atoms with Gasteiger partial charge in [0.05, 0.1) is 0 Å². The zero-order chi connectivity index (χ0) is 50.1. The first-order valence-corrected chi connectivity index (χ1v) is 25.2. The van der Waals surface area contributed by atoms with Crippen LogP contribution in [0, 0.1) is 18.8 Å². The summed E-state index contributed by atoms with van der Waals surface area (Å²) in [5.41, 5.74) is 14.5. The molecular weight excluding hydrogens is 1050 g/mol. The van der Waals surface area contributed by atoms with Crippen LogP contribution in [0.3, 0.4) is 0 Å². The molecule has 1 aliphatic heterocycles. The molecular formula is C65H71N4OPt-3. The topological polar surface area (TPSA) is 33.5 Å². The Bertz CT molecular complexity index is 3240. The van der Waals surface area contributed by atoms with Crippen LogP contribution >= 0.6 is 0 Å². The first kappa shape index (κ1) is 51.5. The average molecular weight is 1120 g/mol. The summed E-state index contributed by atoms with van der Waals surface area (Å²) in [6, 6.07) is 53.9. The molecule has 2 aromatic heterocycles. The van der Waals surface area contributed by atoms with Crippen LogP contribution in [-0.4, -0.2) is 9.55 Å². The van der Waals surface area contributed by atoms with Gasteiger partial charge in [0.1, 0.15) is 5.82 Å². The van der Waals surface area contributed by atoms with Crippen molar-refractivity contribution in [3.8, 4) is 17.3 Å². The number of hydrogen-bond donors (Lipinski definition) is 0. The fraction of sp³-hybridized carbons (Fsp3) is 0.323. The third-order valence-corrected chi connectivity index (χ3v) is 14.2. The third kappa shape index (κ3) is 10.0. The minimum absolute atomic E-state index is 0. The standard InChI is InChI=1S/C65H71N4O.Pt/c1-42(2)52-28-22-29-53(43(3)4)60(52)58-40-67(41-68(58)48-26-21-25-46(33-48)65(14,15)44-23-17-16-18-24-44)49-34-47(63(8,9)10)35-50(37-49)70-51-38-55(64(11,12)13)61-54-27-19-20-30-56(54)69(57(61)39-51)59-36-45(31-32-66-59)62(5,6)7;/h16-36,38,40-43H,1-15H3;/q-3;. The van der Waals surface area contributed by atoms with Crippen molar-refractivity contribution >= 4 is 38.9 Å². The van der Waals surface area contributed by atoms with Gasteiger partial charge in [-0.2, -0.15) is 0 Å². The van der Waals surface area contributed by atoms with Gasteiger partial charge in [0.15, 0.2) is 0 Å². The molecule has 8 aromatic rings. The van der Waals surface area contributed by atoms with E-state index in [1.54, 1.807) is 0 Å². The summed E-state index contributed by atoms with van der Waals surface area (Å²) in [7, 11) is 0. The molecule has 0 saturated carbocycles. The van der Waals surface area contributed by atoms with E-state index in [0.717, 1.165) is 44.9 Å². The Morgan fingerprint density at radius 3 is 1.85 bits per heavy atom. The monoisotopic (exact) mass is 1120 g/mol. The average Bonchev–Trinajstić information content (AvgIpc) is 3.91. The molecule has 1 aliphatic rings. The maximum Gasteiger partial charge on any atom is 0.135 e. The number of hydrogen-bond acceptors (Lipinski definition) is 4. The molecule has 71 heavy (non-hydrogen) atoms. The van der Waals surface area contributed by atoms with Gasteiger partial charge in [0.2, 0.25) is 0 Å². The zero-order valence-corrected chi connectivity index (χ0v) is 46.8. The second-order valence-electron chi connectivity index (χ2n) is 23.6. The Hall–Kier alpha value is -5.90. The van der Waals surface area contributed by atoms with Gasteiger partial charge >= 0.3 is 0 Å². The summed E-state index contributed by atoms with van der Waals surface area (Å²) < 4.78 is 9.39. The molecule has 0 saturated heterocycles. The number of benzene rings is 6. The predicted octanol–water partition coefficient (Wildman–Crippen LogP) is 17.5. The van der Waals surface area contributed by atoms with E-state index in [0.29, 0.717) is 23.3 Å². The van der Waals surface area contributed by atoms with Crippen molar-refractivity contribution in [2.75, 3.05) is 9.80 Å². The summed E-state index contributed by atoms with van der Waals surface area (Å²) in [6.07, 6.45) is 4.23. The Balaban J connectivity index is 0.00000676. The van der Waals surface area contributed by atoms with E-state index in [2.05, 4.69) is 271 Å². The van der Waals surface area contributed by atoms with Crippen molar-refractivity contribution in [3.05, 3.63) is 203 Å². The first-order valence-electron chi connectivity index (χ1n) is 25.2. The van der Waals surface area contributed by atoms with Crippen LogP contribution in [0.15, 0.2) is 140 Å². The van der Waals surface area contributed by atoms with Crippen LogP contribution in [0.2, 0.25) is 0 Å². The van der Waals surface area contributed by atoms with E-state index < -0.39 is 0 Å². The van der Waals surface area contributed by atoms with E-state index in [-0.39, 0.29) is 42.7 Å². The smallest absolute Gasteiger partial charge is 0.135 e. The molecule has 0 radical (unpaired) electrons. The van der Waals surface area contributed by atoms with Gasteiger partial charge < -0.3 is 19.1 Å². The van der Waals surface area contributed by atoms with Crippen LogP contribution in [-0.2, 0) is 42.7 Å². The Kier molecular flexibility index (Phi) is 14.0. The fourth-order valence-electron chi connectivity index (χ4n) is 10.0. The van der Waals surface area contributed by atoms with Gasteiger partial charge in [-0.1, -0.05) is 194 Å². The van der Waals surface area contributed by atoms with Crippen LogP contribution in [0.1, 0.15) is 160 Å². The predicted molar refractivity (Wildman–Crippen MR) is 296 cm³/mol. The van der Waals surface area contributed by atoms with Gasteiger partial charge in [-0.25, -0.2) is 4.98 Å². The Labute approximate surface area is 439 Å². The van der Waals surface area contributed by atoms with Gasteiger partial charge in [-0.15, -0.1) is 53.8 Å². The molecule has 0 amide bonds. The van der Waals surface area contributed by atoms with E-state index in [1.807, 2.05) is 6.20 Å². The van der Waals surface area contributed by atoms with E-state index in [1.165, 1.54) is 44.3 Å². The Morgan fingerprint density at radius 1 is 0.577 bits per heavy atom. The van der Waals surface area contributed by atoms with Gasteiger partial charge in [-0.3, -0.25) is 0 Å². The summed E-state index contributed by atoms with van der Waals surface area (Å²) in [4.78, 5) is 9.62. The molecule has 3 heterocycles. The van der Waals surface area contributed by atoms with Gasteiger partial charge in [0.25, 0.3) is 0 Å². The van der Waals surface area contributed by atoms with Crippen molar-refractivity contribution in [2.24, 2.45) is 0 Å². The van der Waals surface area contributed by atoms with Crippen molar-refractivity contribution in [1.29, 1.82) is 0 Å². The second kappa shape index (κ2) is 19.3. The number of aromatic nitrogens is 2. The van der Waals surface area contributed by atoms with Crippen LogP contribution in [0.5, 0.6) is 11.5 Å². The van der Waals surface area contributed by atoms with Crippen LogP contribution < -0.4 is 14.5 Å². The third-order valence-electron chi connectivity index (χ3n) is 14.2. The Morgan fingerprint density at radius 2 is 1.20 bits per heavy atom. The normalized spacial score (nSPS) is 13.7. The fourth-order valence-corrected chi connectivity index (χ4v) is 10.0. The molecule has 0 spiro atoms. The summed E-state index contributed by atoms with van der Waals surface area (Å²) in [6.45, 7) is 36.4. The van der Waals surface area contributed by atoms with E-state index >= 15 is 0 Å². The minimum atomic E-state index is -0.215. The quantitative estimate of drug-likeness (QED) is 0.128. The number of nitrogens with zero attached hydrogens (tertiary/aromatic N) is 4. The first-order chi connectivity index (χ1) is 33.0. The maximum absolute atomic E-state index is 7.12. The number of rotatable bonds is 10. The van der Waals surface area contributed by atoms with Gasteiger partial charge in [-0.05, 0) is 97.8 Å². The molecule has 0 N–H and O–H groups in total. The van der Waals surface area contributed by atoms with Crippen LogP contribution in [0.4, 0.5) is 11.4 Å². The summed E-state index contributed by atoms with van der Waals surface area (Å²) in [5, 5.41) is 2.33. The molecule has 6 heteroatoms. The molecule has 5 nitrogen and oxygen atoms in total. The SMILES string of the molecule is CC(C)c1cccc(C(C)C)c1C1=CN(c2[c-]c(Oc3[c-]c4c(c(C(C)(C)C)c3)c3ccccc3n4-c3cc(C(C)(C)C)ccn3)cc(C(C)(C)C)c2)[CH-]N1c1cccc(C(C)(C)c2ccccc2)c1.[Pt]. The molecule has 0 fully saturated rings. The maximum atomic E-state index is 7.12. The molecule has 0 atom stereocenters. The molecule has 6 aromatic carbocycles. The summed E-state index contributed by atoms with van der Waals surface area (Å²) in [5.74, 6) is 2.75. The van der Waals surface area contributed by atoms with E-state index in [9.17, 15) is 0 Å². The molecule has 0 bridgehead atoms. The zero-order valence-electron chi connectivity index (χ0n) is 44.5. The molecule has 370 valence electrons. The minimum Gasteiger partial charge on any atom is -0.509 e. The molecule has 0 unspecified atom stereocenters. The van der Waals surface area contributed by atoms with Crippen LogP contribution in [0.25, 0.3) is 33.3 Å². The van der Waals surface area contributed by atoms with Crippen molar-refractivity contribution in [1.82, 2.24) is 9.55 Å². The number of pyridine rings is 1. The van der Waals surface area contributed by atoms with Gasteiger partial charge in [0, 0.05) is 66.6 Å². The molecule has 9 rings (SSSR count). The molecule has 0 aliphatic carbocycles.